The van der Waals surface area contributed by atoms with Gasteiger partial charge in [-0.05, 0) is 43.0 Å². The minimum atomic E-state index is -0.612. The van der Waals surface area contributed by atoms with E-state index in [0.29, 0.717) is 13.2 Å². The van der Waals surface area contributed by atoms with Crippen molar-refractivity contribution in [2.24, 2.45) is 5.92 Å². The van der Waals surface area contributed by atoms with E-state index >= 15 is 0 Å². The fourth-order valence-electron chi connectivity index (χ4n) is 3.96. The molecule has 2 aliphatic rings. The molecule has 1 saturated heterocycles. The fraction of sp³-hybridized carbons (Fsp3) is 0.455. The van der Waals surface area contributed by atoms with Gasteiger partial charge in [0, 0.05) is 25.6 Å². The topological polar surface area (TPSA) is 41.9 Å². The van der Waals surface area contributed by atoms with Gasteiger partial charge in [0.25, 0.3) is 0 Å². The first-order chi connectivity index (χ1) is 12.6. The third kappa shape index (κ3) is 3.87. The molecule has 0 amide bonds. The molecule has 2 aromatic rings. The molecule has 0 aliphatic carbocycles. The highest BCUT2D eigenvalue weighted by Crippen LogP contribution is 2.34. The Morgan fingerprint density at radius 3 is 2.62 bits per heavy atom. The predicted molar refractivity (Wildman–Crippen MR) is 102 cm³/mol. The number of rotatable bonds is 4. The smallest absolute Gasteiger partial charge is 0.161 e. The summed E-state index contributed by atoms with van der Waals surface area (Å²) in [6.45, 7) is 5.90. The molecular weight excluding hydrogens is 326 g/mol. The van der Waals surface area contributed by atoms with Crippen LogP contribution in [0, 0.1) is 5.92 Å². The van der Waals surface area contributed by atoms with Crippen molar-refractivity contribution in [2.45, 2.75) is 31.9 Å². The average molecular weight is 353 g/mol. The number of likely N-dealkylation sites (tertiary alicyclic amines) is 1. The van der Waals surface area contributed by atoms with Crippen molar-refractivity contribution in [2.75, 3.05) is 26.3 Å². The quantitative estimate of drug-likeness (QED) is 0.916. The molecule has 0 saturated carbocycles. The van der Waals surface area contributed by atoms with E-state index < -0.39 is 5.60 Å². The zero-order chi connectivity index (χ0) is 18.0. The first-order valence-electron chi connectivity index (χ1n) is 9.47. The van der Waals surface area contributed by atoms with Crippen LogP contribution in [0.5, 0.6) is 11.5 Å². The molecule has 1 fully saturated rings. The van der Waals surface area contributed by atoms with Gasteiger partial charge >= 0.3 is 0 Å². The minimum absolute atomic E-state index is 0.232. The molecule has 2 heterocycles. The zero-order valence-corrected chi connectivity index (χ0v) is 15.4. The van der Waals surface area contributed by atoms with Gasteiger partial charge in [-0.2, -0.15) is 0 Å². The Kier molecular flexibility index (Phi) is 4.88. The molecule has 2 aliphatic heterocycles. The summed E-state index contributed by atoms with van der Waals surface area (Å²) >= 11 is 0. The van der Waals surface area contributed by atoms with Crippen LogP contribution in [-0.2, 0) is 13.0 Å². The highest BCUT2D eigenvalue weighted by molar-refractivity contribution is 5.43. The monoisotopic (exact) mass is 353 g/mol. The SMILES string of the molecule is C[C@]1(O)CCN(Cc2ccc3c(c2)OCCO3)C[C@H]1Cc1ccccc1. The van der Waals surface area contributed by atoms with E-state index in [1.807, 2.05) is 19.1 Å². The molecule has 138 valence electrons. The van der Waals surface area contributed by atoms with Gasteiger partial charge in [0.15, 0.2) is 11.5 Å². The van der Waals surface area contributed by atoms with Gasteiger partial charge in [-0.1, -0.05) is 36.4 Å². The van der Waals surface area contributed by atoms with Crippen molar-refractivity contribution in [1.82, 2.24) is 4.90 Å². The van der Waals surface area contributed by atoms with Gasteiger partial charge in [0.2, 0.25) is 0 Å². The molecule has 4 heteroatoms. The number of fused-ring (bicyclic) bond motifs is 1. The maximum absolute atomic E-state index is 10.9. The van der Waals surface area contributed by atoms with Crippen LogP contribution in [0.4, 0.5) is 0 Å². The van der Waals surface area contributed by atoms with Crippen LogP contribution >= 0.6 is 0 Å². The summed E-state index contributed by atoms with van der Waals surface area (Å²) in [6, 6.07) is 16.7. The predicted octanol–water partition coefficient (Wildman–Crippen LogP) is 3.27. The van der Waals surface area contributed by atoms with Crippen molar-refractivity contribution < 1.29 is 14.6 Å². The van der Waals surface area contributed by atoms with Gasteiger partial charge in [0.1, 0.15) is 13.2 Å². The Hall–Kier alpha value is -2.04. The zero-order valence-electron chi connectivity index (χ0n) is 15.4. The minimum Gasteiger partial charge on any atom is -0.486 e. The van der Waals surface area contributed by atoms with Crippen molar-refractivity contribution in [1.29, 1.82) is 0 Å². The second kappa shape index (κ2) is 7.29. The lowest BCUT2D eigenvalue weighted by molar-refractivity contribution is -0.0593. The van der Waals surface area contributed by atoms with Gasteiger partial charge in [-0.3, -0.25) is 4.90 Å². The highest BCUT2D eigenvalue weighted by atomic mass is 16.6. The number of nitrogens with zero attached hydrogens (tertiary/aromatic N) is 1. The van der Waals surface area contributed by atoms with E-state index in [9.17, 15) is 5.11 Å². The average Bonchev–Trinajstić information content (AvgIpc) is 2.65. The van der Waals surface area contributed by atoms with Crippen LogP contribution < -0.4 is 9.47 Å². The normalized spacial score (nSPS) is 25.8. The van der Waals surface area contributed by atoms with Crippen molar-refractivity contribution in [3.63, 3.8) is 0 Å². The summed E-state index contributed by atoms with van der Waals surface area (Å²) in [6.07, 6.45) is 1.71. The molecule has 4 nitrogen and oxygen atoms in total. The summed E-state index contributed by atoms with van der Waals surface area (Å²) < 4.78 is 11.3. The molecule has 2 aromatic carbocycles. The van der Waals surface area contributed by atoms with E-state index in [0.717, 1.165) is 44.0 Å². The second-order valence-electron chi connectivity index (χ2n) is 7.71. The molecular formula is C22H27NO3. The second-order valence-corrected chi connectivity index (χ2v) is 7.71. The number of hydrogen-bond donors (Lipinski definition) is 1. The molecule has 1 N–H and O–H groups in total. The molecule has 0 unspecified atom stereocenters. The summed E-state index contributed by atoms with van der Waals surface area (Å²) in [7, 11) is 0. The Labute approximate surface area is 155 Å². The van der Waals surface area contributed by atoms with Crippen LogP contribution in [0.2, 0.25) is 0 Å². The molecule has 4 rings (SSSR count). The standard InChI is InChI=1S/C22H27NO3/c1-22(24)9-10-23(16-19(22)13-17-5-3-2-4-6-17)15-18-7-8-20-21(14-18)26-12-11-25-20/h2-8,14,19,24H,9-13,15-16H2,1H3/t19-,22+/m1/s1. The highest BCUT2D eigenvalue weighted by Gasteiger charge is 2.37. The lowest BCUT2D eigenvalue weighted by Gasteiger charge is -2.43. The first kappa shape index (κ1) is 17.4. The van der Waals surface area contributed by atoms with E-state index in [2.05, 4.69) is 41.3 Å². The summed E-state index contributed by atoms with van der Waals surface area (Å²) in [4.78, 5) is 2.44. The van der Waals surface area contributed by atoms with E-state index in [1.54, 1.807) is 0 Å². The maximum Gasteiger partial charge on any atom is 0.161 e. The third-order valence-corrected chi connectivity index (χ3v) is 5.63. The van der Waals surface area contributed by atoms with Gasteiger partial charge < -0.3 is 14.6 Å². The maximum atomic E-state index is 10.9. The van der Waals surface area contributed by atoms with Crippen LogP contribution in [0.25, 0.3) is 0 Å². The molecule has 0 aromatic heterocycles. The number of benzene rings is 2. The van der Waals surface area contributed by atoms with E-state index in [-0.39, 0.29) is 5.92 Å². The Balaban J connectivity index is 1.44. The van der Waals surface area contributed by atoms with Crippen LogP contribution in [-0.4, -0.2) is 41.9 Å². The lowest BCUT2D eigenvalue weighted by atomic mass is 9.78. The summed E-state index contributed by atoms with van der Waals surface area (Å²) in [5.74, 6) is 1.91. The van der Waals surface area contributed by atoms with E-state index in [1.165, 1.54) is 11.1 Å². The molecule has 0 radical (unpaired) electrons. The fourth-order valence-corrected chi connectivity index (χ4v) is 3.96. The Morgan fingerprint density at radius 2 is 1.81 bits per heavy atom. The van der Waals surface area contributed by atoms with Crippen LogP contribution in [0.1, 0.15) is 24.5 Å². The largest absolute Gasteiger partial charge is 0.486 e. The first-order valence-corrected chi connectivity index (χ1v) is 9.47. The van der Waals surface area contributed by atoms with Gasteiger partial charge in [-0.25, -0.2) is 0 Å². The van der Waals surface area contributed by atoms with Crippen molar-refractivity contribution in [3.05, 3.63) is 59.7 Å². The van der Waals surface area contributed by atoms with Gasteiger partial charge in [0.05, 0.1) is 5.60 Å². The molecule has 2 atom stereocenters. The van der Waals surface area contributed by atoms with Crippen molar-refractivity contribution >= 4 is 0 Å². The summed E-state index contributed by atoms with van der Waals surface area (Å²) in [5.41, 5.74) is 1.91. The lowest BCUT2D eigenvalue weighted by Crippen LogP contribution is -2.50. The van der Waals surface area contributed by atoms with Crippen molar-refractivity contribution in [3.8, 4) is 11.5 Å². The number of ether oxygens (including phenoxy) is 2. The Bertz CT molecular complexity index is 744. The Morgan fingerprint density at radius 1 is 1.04 bits per heavy atom. The molecule has 0 bridgehead atoms. The van der Waals surface area contributed by atoms with E-state index in [4.69, 9.17) is 9.47 Å². The number of aliphatic hydroxyl groups is 1. The van der Waals surface area contributed by atoms with Crippen LogP contribution in [0.3, 0.4) is 0 Å². The molecule has 26 heavy (non-hydrogen) atoms. The molecule has 0 spiro atoms. The van der Waals surface area contributed by atoms with Crippen LogP contribution in [0.15, 0.2) is 48.5 Å². The summed E-state index contributed by atoms with van der Waals surface area (Å²) in [5, 5.41) is 10.9. The number of hydrogen-bond acceptors (Lipinski definition) is 4. The number of piperidine rings is 1. The van der Waals surface area contributed by atoms with Gasteiger partial charge in [-0.15, -0.1) is 0 Å². The third-order valence-electron chi connectivity index (χ3n) is 5.63.